The number of benzene rings is 1. The van der Waals surface area contributed by atoms with Crippen LogP contribution in [-0.4, -0.2) is 50.9 Å². The molecular weight excluding hydrogens is 366 g/mol. The van der Waals surface area contributed by atoms with Gasteiger partial charge in [0, 0.05) is 50.6 Å². The first-order chi connectivity index (χ1) is 14.3. The van der Waals surface area contributed by atoms with Crippen LogP contribution >= 0.6 is 0 Å². The van der Waals surface area contributed by atoms with Crippen LogP contribution in [0.3, 0.4) is 0 Å². The number of ether oxygens (including phenoxy) is 2. The Bertz CT molecular complexity index is 818. The topological polar surface area (TPSA) is 71.0 Å². The fourth-order valence-electron chi connectivity index (χ4n) is 3.15. The van der Waals surface area contributed by atoms with Gasteiger partial charge in [-0.2, -0.15) is 0 Å². The SMILES string of the molecule is C=CCOc1ccccc1CNC(=NC)NCc1cccnc1N1CCOCC1. The fourth-order valence-corrected chi connectivity index (χ4v) is 3.15. The number of anilines is 1. The summed E-state index contributed by atoms with van der Waals surface area (Å²) in [5.41, 5.74) is 2.19. The summed E-state index contributed by atoms with van der Waals surface area (Å²) in [6, 6.07) is 12.0. The number of guanidine groups is 1. The molecule has 2 N–H and O–H groups in total. The molecule has 29 heavy (non-hydrogen) atoms. The number of para-hydroxylation sites is 1. The van der Waals surface area contributed by atoms with E-state index in [-0.39, 0.29) is 0 Å². The van der Waals surface area contributed by atoms with E-state index in [0.29, 0.717) is 19.7 Å². The summed E-state index contributed by atoms with van der Waals surface area (Å²) >= 11 is 0. The van der Waals surface area contributed by atoms with Crippen molar-refractivity contribution in [2.24, 2.45) is 4.99 Å². The zero-order valence-corrected chi connectivity index (χ0v) is 16.9. The Balaban J connectivity index is 1.59. The highest BCUT2D eigenvalue weighted by Gasteiger charge is 2.16. The third kappa shape index (κ3) is 5.96. The number of nitrogens with one attached hydrogen (secondary N) is 2. The van der Waals surface area contributed by atoms with E-state index in [4.69, 9.17) is 9.47 Å². The summed E-state index contributed by atoms with van der Waals surface area (Å²) in [5.74, 6) is 2.57. The number of morpholine rings is 1. The molecule has 0 amide bonds. The van der Waals surface area contributed by atoms with Gasteiger partial charge in [-0.25, -0.2) is 4.98 Å². The van der Waals surface area contributed by atoms with E-state index in [2.05, 4.69) is 38.2 Å². The highest BCUT2D eigenvalue weighted by Crippen LogP contribution is 2.19. The van der Waals surface area contributed by atoms with Crippen LogP contribution in [0.4, 0.5) is 5.82 Å². The van der Waals surface area contributed by atoms with Gasteiger partial charge in [-0.15, -0.1) is 0 Å². The Labute approximate surface area is 172 Å². The number of nitrogens with zero attached hydrogens (tertiary/aromatic N) is 3. The van der Waals surface area contributed by atoms with E-state index in [0.717, 1.165) is 55.0 Å². The third-order valence-corrected chi connectivity index (χ3v) is 4.62. The van der Waals surface area contributed by atoms with E-state index in [1.165, 1.54) is 0 Å². The van der Waals surface area contributed by atoms with Crippen LogP contribution in [0.1, 0.15) is 11.1 Å². The zero-order valence-electron chi connectivity index (χ0n) is 16.9. The molecule has 2 heterocycles. The van der Waals surface area contributed by atoms with Crippen LogP contribution in [0.5, 0.6) is 5.75 Å². The fraction of sp³-hybridized carbons (Fsp3) is 0.364. The molecule has 3 rings (SSSR count). The van der Waals surface area contributed by atoms with Crippen molar-refractivity contribution in [2.75, 3.05) is 44.9 Å². The van der Waals surface area contributed by atoms with Crippen LogP contribution in [0.25, 0.3) is 0 Å². The van der Waals surface area contributed by atoms with Crippen molar-refractivity contribution < 1.29 is 9.47 Å². The Hall–Kier alpha value is -3.06. The minimum Gasteiger partial charge on any atom is -0.489 e. The van der Waals surface area contributed by atoms with Gasteiger partial charge in [-0.1, -0.05) is 36.9 Å². The Morgan fingerprint density at radius 1 is 1.17 bits per heavy atom. The first-order valence-corrected chi connectivity index (χ1v) is 9.84. The highest BCUT2D eigenvalue weighted by molar-refractivity contribution is 5.79. The Morgan fingerprint density at radius 2 is 1.90 bits per heavy atom. The summed E-state index contributed by atoms with van der Waals surface area (Å²) in [6.07, 6.45) is 3.58. The van der Waals surface area contributed by atoms with Crippen molar-refractivity contribution in [1.82, 2.24) is 15.6 Å². The molecule has 2 aromatic rings. The minimum absolute atomic E-state index is 0.481. The Morgan fingerprint density at radius 3 is 2.66 bits per heavy atom. The largest absolute Gasteiger partial charge is 0.489 e. The standard InChI is InChI=1S/C22H29N5O2/c1-3-13-29-20-9-5-4-7-18(20)16-25-22(23-2)26-17-19-8-6-10-24-21(19)27-11-14-28-15-12-27/h3-10H,1,11-17H2,2H3,(H2,23,25,26). The van der Waals surface area contributed by atoms with Gasteiger partial charge in [0.15, 0.2) is 5.96 Å². The molecule has 1 aromatic heterocycles. The smallest absolute Gasteiger partial charge is 0.191 e. The lowest BCUT2D eigenvalue weighted by molar-refractivity contribution is 0.122. The number of hydrogen-bond donors (Lipinski definition) is 2. The summed E-state index contributed by atoms with van der Waals surface area (Å²) in [4.78, 5) is 11.2. The van der Waals surface area contributed by atoms with Crippen molar-refractivity contribution in [3.05, 3.63) is 66.4 Å². The van der Waals surface area contributed by atoms with E-state index in [1.807, 2.05) is 36.5 Å². The van der Waals surface area contributed by atoms with E-state index >= 15 is 0 Å². The predicted octanol–water partition coefficient (Wildman–Crippen LogP) is 2.35. The second-order valence-corrected chi connectivity index (χ2v) is 6.57. The molecule has 1 aliphatic rings. The van der Waals surface area contributed by atoms with Gasteiger partial charge in [-0.05, 0) is 12.1 Å². The van der Waals surface area contributed by atoms with Gasteiger partial charge in [0.25, 0.3) is 0 Å². The van der Waals surface area contributed by atoms with Crippen molar-refractivity contribution in [3.63, 3.8) is 0 Å². The second kappa shape index (κ2) is 11.1. The van der Waals surface area contributed by atoms with E-state index < -0.39 is 0 Å². The molecule has 1 saturated heterocycles. The third-order valence-electron chi connectivity index (χ3n) is 4.62. The molecule has 1 fully saturated rings. The first-order valence-electron chi connectivity index (χ1n) is 9.84. The molecule has 0 aliphatic carbocycles. The quantitative estimate of drug-likeness (QED) is 0.406. The maximum atomic E-state index is 5.72. The minimum atomic E-state index is 0.481. The van der Waals surface area contributed by atoms with Gasteiger partial charge < -0.3 is 25.0 Å². The molecule has 154 valence electrons. The lowest BCUT2D eigenvalue weighted by atomic mass is 10.2. The Kier molecular flexibility index (Phi) is 7.89. The molecule has 0 atom stereocenters. The number of hydrogen-bond acceptors (Lipinski definition) is 5. The molecule has 0 unspecified atom stereocenters. The van der Waals surface area contributed by atoms with Crippen LogP contribution in [0.2, 0.25) is 0 Å². The molecule has 0 spiro atoms. The van der Waals surface area contributed by atoms with Gasteiger partial charge in [-0.3, -0.25) is 4.99 Å². The number of aromatic nitrogens is 1. The van der Waals surface area contributed by atoms with Gasteiger partial charge >= 0.3 is 0 Å². The zero-order chi connectivity index (χ0) is 20.3. The van der Waals surface area contributed by atoms with Gasteiger partial charge in [0.2, 0.25) is 0 Å². The van der Waals surface area contributed by atoms with Crippen LogP contribution in [-0.2, 0) is 17.8 Å². The number of pyridine rings is 1. The van der Waals surface area contributed by atoms with Crippen LogP contribution in [0, 0.1) is 0 Å². The molecule has 0 radical (unpaired) electrons. The highest BCUT2D eigenvalue weighted by atomic mass is 16.5. The van der Waals surface area contributed by atoms with Crippen molar-refractivity contribution in [3.8, 4) is 5.75 Å². The molecule has 7 nitrogen and oxygen atoms in total. The summed E-state index contributed by atoms with van der Waals surface area (Å²) < 4.78 is 11.2. The number of rotatable bonds is 8. The van der Waals surface area contributed by atoms with E-state index in [9.17, 15) is 0 Å². The van der Waals surface area contributed by atoms with Crippen molar-refractivity contribution in [1.29, 1.82) is 0 Å². The first kappa shape index (κ1) is 20.7. The maximum absolute atomic E-state index is 5.72. The summed E-state index contributed by atoms with van der Waals surface area (Å²) in [6.45, 7) is 8.62. The molecule has 0 bridgehead atoms. The normalized spacial score (nSPS) is 14.4. The maximum Gasteiger partial charge on any atom is 0.191 e. The molecule has 1 aliphatic heterocycles. The van der Waals surface area contributed by atoms with E-state index in [1.54, 1.807) is 13.1 Å². The summed E-state index contributed by atoms with van der Waals surface area (Å²) in [7, 11) is 1.77. The van der Waals surface area contributed by atoms with Crippen LogP contribution < -0.4 is 20.3 Å². The lowest BCUT2D eigenvalue weighted by Gasteiger charge is -2.29. The van der Waals surface area contributed by atoms with Crippen molar-refractivity contribution >= 4 is 11.8 Å². The van der Waals surface area contributed by atoms with Gasteiger partial charge in [0.1, 0.15) is 18.2 Å². The van der Waals surface area contributed by atoms with Crippen molar-refractivity contribution in [2.45, 2.75) is 13.1 Å². The monoisotopic (exact) mass is 395 g/mol. The molecule has 1 aromatic carbocycles. The molecule has 7 heteroatoms. The number of aliphatic imine (C=N–C) groups is 1. The van der Waals surface area contributed by atoms with Gasteiger partial charge in [0.05, 0.1) is 13.2 Å². The van der Waals surface area contributed by atoms with Crippen LogP contribution in [0.15, 0.2) is 60.2 Å². The molecular formula is C22H29N5O2. The molecule has 0 saturated carbocycles. The lowest BCUT2D eigenvalue weighted by Crippen LogP contribution is -2.39. The average Bonchev–Trinajstić information content (AvgIpc) is 2.79. The average molecular weight is 396 g/mol. The summed E-state index contributed by atoms with van der Waals surface area (Å²) in [5, 5.41) is 6.73. The second-order valence-electron chi connectivity index (χ2n) is 6.57. The predicted molar refractivity (Wildman–Crippen MR) is 116 cm³/mol.